The standard InChI is InChI=1S/C29H25BrF3N3O3/c1-17(19-5-4-6-22(30)15-19)34-28(39)20-11-14-23-25(16-20)35-24(7-2-3-8-26(37)38)27(36-23)18-9-12-21(13-10-18)29(31,32)33/h4-6,9-17H,2-3,7-8H2,1H3,(H,34,39)(H,37,38)/t17-/m1/s1. The minimum absolute atomic E-state index is 0.00286. The van der Waals surface area contributed by atoms with E-state index >= 15 is 0 Å². The Morgan fingerprint density at radius 1 is 0.974 bits per heavy atom. The van der Waals surface area contributed by atoms with Crippen LogP contribution in [0.4, 0.5) is 13.2 Å². The quantitative estimate of drug-likeness (QED) is 0.196. The highest BCUT2D eigenvalue weighted by molar-refractivity contribution is 9.10. The molecule has 0 bridgehead atoms. The summed E-state index contributed by atoms with van der Waals surface area (Å²) in [7, 11) is 0. The van der Waals surface area contributed by atoms with Crippen LogP contribution in [0.25, 0.3) is 22.3 Å². The number of carbonyl (C=O) groups excluding carboxylic acids is 1. The Morgan fingerprint density at radius 2 is 1.72 bits per heavy atom. The van der Waals surface area contributed by atoms with Crippen molar-refractivity contribution in [2.75, 3.05) is 0 Å². The molecule has 3 aromatic carbocycles. The number of hydrogen-bond donors (Lipinski definition) is 2. The van der Waals surface area contributed by atoms with E-state index < -0.39 is 17.7 Å². The van der Waals surface area contributed by atoms with E-state index in [2.05, 4.69) is 26.2 Å². The van der Waals surface area contributed by atoms with Crippen molar-refractivity contribution in [3.8, 4) is 11.3 Å². The zero-order valence-corrected chi connectivity index (χ0v) is 22.5. The van der Waals surface area contributed by atoms with Gasteiger partial charge in [-0.15, -0.1) is 0 Å². The number of rotatable bonds is 9. The zero-order valence-electron chi connectivity index (χ0n) is 20.9. The molecule has 1 heterocycles. The second-order valence-electron chi connectivity index (χ2n) is 9.15. The van der Waals surface area contributed by atoms with Crippen LogP contribution in [0, 0.1) is 0 Å². The molecule has 6 nitrogen and oxygen atoms in total. The summed E-state index contributed by atoms with van der Waals surface area (Å²) in [6.07, 6.45) is -3.17. The summed E-state index contributed by atoms with van der Waals surface area (Å²) in [6, 6.07) is 17.0. The molecule has 0 aliphatic heterocycles. The number of aryl methyl sites for hydroxylation is 1. The van der Waals surface area contributed by atoms with E-state index in [-0.39, 0.29) is 18.4 Å². The van der Waals surface area contributed by atoms with Gasteiger partial charge in [-0.25, -0.2) is 9.97 Å². The summed E-state index contributed by atoms with van der Waals surface area (Å²) in [4.78, 5) is 33.3. The van der Waals surface area contributed by atoms with Crippen LogP contribution in [0.15, 0.2) is 71.2 Å². The van der Waals surface area contributed by atoms with Gasteiger partial charge < -0.3 is 10.4 Å². The van der Waals surface area contributed by atoms with Gasteiger partial charge in [-0.1, -0.05) is 40.2 Å². The third-order valence-corrected chi connectivity index (χ3v) is 6.73. The van der Waals surface area contributed by atoms with Crippen molar-refractivity contribution < 1.29 is 27.9 Å². The molecule has 0 unspecified atom stereocenters. The van der Waals surface area contributed by atoms with Crippen LogP contribution in [0.5, 0.6) is 0 Å². The number of aliphatic carboxylic acids is 1. The van der Waals surface area contributed by atoms with Crippen LogP contribution in [-0.2, 0) is 17.4 Å². The van der Waals surface area contributed by atoms with Gasteiger partial charge in [0.1, 0.15) is 0 Å². The van der Waals surface area contributed by atoms with Crippen molar-refractivity contribution in [1.82, 2.24) is 15.3 Å². The third-order valence-electron chi connectivity index (χ3n) is 6.23. The number of alkyl halides is 3. The fourth-order valence-corrected chi connectivity index (χ4v) is 4.58. The Morgan fingerprint density at radius 3 is 2.38 bits per heavy atom. The van der Waals surface area contributed by atoms with Crippen LogP contribution in [0.2, 0.25) is 0 Å². The normalized spacial score (nSPS) is 12.3. The van der Waals surface area contributed by atoms with Crippen molar-refractivity contribution in [2.45, 2.75) is 44.8 Å². The van der Waals surface area contributed by atoms with E-state index in [0.29, 0.717) is 52.8 Å². The molecule has 1 amide bonds. The molecule has 39 heavy (non-hydrogen) atoms. The van der Waals surface area contributed by atoms with E-state index in [0.717, 1.165) is 22.2 Å². The summed E-state index contributed by atoms with van der Waals surface area (Å²) < 4.78 is 40.1. The minimum Gasteiger partial charge on any atom is -0.481 e. The number of hydrogen-bond acceptors (Lipinski definition) is 4. The maximum absolute atomic E-state index is 13.1. The summed E-state index contributed by atoms with van der Waals surface area (Å²) in [5, 5.41) is 11.9. The van der Waals surface area contributed by atoms with Gasteiger partial charge in [-0.05, 0) is 74.2 Å². The molecule has 202 valence electrons. The Kier molecular flexibility index (Phi) is 8.64. The largest absolute Gasteiger partial charge is 0.481 e. The van der Waals surface area contributed by atoms with Crippen molar-refractivity contribution in [3.63, 3.8) is 0 Å². The van der Waals surface area contributed by atoms with Crippen LogP contribution in [-0.4, -0.2) is 27.0 Å². The number of carboxylic acids is 1. The highest BCUT2D eigenvalue weighted by Gasteiger charge is 2.30. The predicted molar refractivity (Wildman–Crippen MR) is 145 cm³/mol. The minimum atomic E-state index is -4.46. The molecule has 0 spiro atoms. The molecule has 1 aromatic heterocycles. The fraction of sp³-hybridized carbons (Fsp3) is 0.241. The van der Waals surface area contributed by atoms with Gasteiger partial charge in [0, 0.05) is 22.0 Å². The second kappa shape index (κ2) is 11.9. The monoisotopic (exact) mass is 599 g/mol. The SMILES string of the molecule is C[C@@H](NC(=O)c1ccc2nc(-c3ccc(C(F)(F)F)cc3)c(CCCCC(=O)O)nc2c1)c1cccc(Br)c1. The van der Waals surface area contributed by atoms with E-state index in [9.17, 15) is 22.8 Å². The average molecular weight is 600 g/mol. The molecule has 4 rings (SSSR count). The molecule has 0 aliphatic carbocycles. The molecule has 0 aliphatic rings. The number of fused-ring (bicyclic) bond motifs is 1. The number of carbonyl (C=O) groups is 2. The van der Waals surface area contributed by atoms with Gasteiger partial charge in [0.2, 0.25) is 0 Å². The Bertz CT molecular complexity index is 1510. The van der Waals surface area contributed by atoms with Crippen LogP contribution < -0.4 is 5.32 Å². The summed E-state index contributed by atoms with van der Waals surface area (Å²) in [5.74, 6) is -1.20. The van der Waals surface area contributed by atoms with Crippen LogP contribution in [0.3, 0.4) is 0 Å². The maximum Gasteiger partial charge on any atom is 0.416 e. The van der Waals surface area contributed by atoms with Gasteiger partial charge in [-0.3, -0.25) is 9.59 Å². The van der Waals surface area contributed by atoms with Crippen molar-refractivity contribution >= 4 is 38.8 Å². The lowest BCUT2D eigenvalue weighted by molar-refractivity contribution is -0.138. The van der Waals surface area contributed by atoms with Crippen molar-refractivity contribution in [2.24, 2.45) is 0 Å². The summed E-state index contributed by atoms with van der Waals surface area (Å²) >= 11 is 3.43. The Labute approximate surface area is 231 Å². The van der Waals surface area contributed by atoms with Gasteiger partial charge in [-0.2, -0.15) is 13.2 Å². The first-order chi connectivity index (χ1) is 18.5. The predicted octanol–water partition coefficient (Wildman–Crippen LogP) is 7.37. The molecule has 4 aromatic rings. The molecule has 0 fully saturated rings. The van der Waals surface area contributed by atoms with E-state index in [1.54, 1.807) is 18.2 Å². The van der Waals surface area contributed by atoms with E-state index in [4.69, 9.17) is 10.1 Å². The molecular formula is C29H25BrF3N3O3. The lowest BCUT2D eigenvalue weighted by atomic mass is 10.0. The molecular weight excluding hydrogens is 575 g/mol. The van der Waals surface area contributed by atoms with Crippen LogP contribution >= 0.6 is 15.9 Å². The van der Waals surface area contributed by atoms with Crippen molar-refractivity contribution in [3.05, 3.63) is 93.6 Å². The smallest absolute Gasteiger partial charge is 0.416 e. The van der Waals surface area contributed by atoms with E-state index in [1.807, 2.05) is 31.2 Å². The summed E-state index contributed by atoms with van der Waals surface area (Å²) in [6.45, 7) is 1.88. The molecule has 0 saturated carbocycles. The lowest BCUT2D eigenvalue weighted by Crippen LogP contribution is -2.26. The van der Waals surface area contributed by atoms with E-state index in [1.165, 1.54) is 12.1 Å². The number of benzene rings is 3. The highest BCUT2D eigenvalue weighted by atomic mass is 79.9. The van der Waals surface area contributed by atoms with Gasteiger partial charge in [0.25, 0.3) is 5.91 Å². The maximum atomic E-state index is 13.1. The molecule has 10 heteroatoms. The number of aromatic nitrogens is 2. The topological polar surface area (TPSA) is 92.2 Å². The lowest BCUT2D eigenvalue weighted by Gasteiger charge is -2.15. The first-order valence-corrected chi connectivity index (χ1v) is 13.1. The van der Waals surface area contributed by atoms with Gasteiger partial charge >= 0.3 is 12.1 Å². The molecule has 2 N–H and O–H groups in total. The molecule has 0 saturated heterocycles. The Balaban J connectivity index is 1.65. The number of nitrogens with one attached hydrogen (secondary N) is 1. The van der Waals surface area contributed by atoms with Gasteiger partial charge in [0.15, 0.2) is 0 Å². The number of amides is 1. The van der Waals surface area contributed by atoms with Crippen LogP contribution in [0.1, 0.15) is 59.4 Å². The third kappa shape index (κ3) is 7.20. The first kappa shape index (κ1) is 28.2. The number of halogens is 4. The number of unbranched alkanes of at least 4 members (excludes halogenated alkanes) is 1. The zero-order chi connectivity index (χ0) is 28.2. The second-order valence-corrected chi connectivity index (χ2v) is 10.1. The van der Waals surface area contributed by atoms with Gasteiger partial charge in [0.05, 0.1) is 34.0 Å². The summed E-state index contributed by atoms with van der Waals surface area (Å²) in [5.41, 5.74) is 2.91. The van der Waals surface area contributed by atoms with Crippen molar-refractivity contribution in [1.29, 1.82) is 0 Å². The molecule has 0 radical (unpaired) electrons. The highest BCUT2D eigenvalue weighted by Crippen LogP contribution is 2.32. The first-order valence-electron chi connectivity index (χ1n) is 12.3. The molecule has 1 atom stereocenters. The Hall–Kier alpha value is -3.79. The number of nitrogens with zero attached hydrogens (tertiary/aromatic N) is 2. The average Bonchev–Trinajstić information content (AvgIpc) is 2.89. The fourth-order valence-electron chi connectivity index (χ4n) is 4.16. The number of carboxylic acid groups (broad SMARTS) is 1.